The summed E-state index contributed by atoms with van der Waals surface area (Å²) in [5.74, 6) is 0.849. The highest BCUT2D eigenvalue weighted by atomic mass is 16.2. The maximum Gasteiger partial charge on any atom is 0.223 e. The van der Waals surface area contributed by atoms with Crippen molar-refractivity contribution in [3.05, 3.63) is 0 Å². The van der Waals surface area contributed by atoms with Crippen LogP contribution in [0.15, 0.2) is 0 Å². The van der Waals surface area contributed by atoms with Crippen LogP contribution in [-0.2, 0) is 4.79 Å². The summed E-state index contributed by atoms with van der Waals surface area (Å²) in [4.78, 5) is 12.3. The second-order valence-corrected chi connectivity index (χ2v) is 6.43. The molecule has 4 heteroatoms. The third-order valence-corrected chi connectivity index (χ3v) is 3.73. The summed E-state index contributed by atoms with van der Waals surface area (Å²) < 4.78 is 0. The zero-order valence-corrected chi connectivity index (χ0v) is 12.3. The van der Waals surface area contributed by atoms with Crippen molar-refractivity contribution in [3.63, 3.8) is 0 Å². The first-order valence-electron chi connectivity index (χ1n) is 7.12. The van der Waals surface area contributed by atoms with Gasteiger partial charge in [0.25, 0.3) is 0 Å². The molecule has 106 valence electrons. The molecule has 3 atom stereocenters. The van der Waals surface area contributed by atoms with Crippen LogP contribution in [0, 0.1) is 11.8 Å². The molecule has 1 heterocycles. The standard InChI is InChI=1S/C14H29N3O/c1-10(2)8-14(4,9-15)17-13(18)12-5-6-16-11(3)7-12/h10-12,16H,5-9,15H2,1-4H3,(H,17,18)/t11-,12-,14?/m0/s1. The van der Waals surface area contributed by atoms with Crippen molar-refractivity contribution < 1.29 is 4.79 Å². The monoisotopic (exact) mass is 255 g/mol. The molecule has 0 aromatic rings. The number of amides is 1. The molecular weight excluding hydrogens is 226 g/mol. The molecule has 0 aromatic heterocycles. The first-order valence-corrected chi connectivity index (χ1v) is 7.12. The minimum Gasteiger partial charge on any atom is -0.349 e. The second kappa shape index (κ2) is 6.53. The number of carbonyl (C=O) groups is 1. The predicted molar refractivity (Wildman–Crippen MR) is 75.2 cm³/mol. The van der Waals surface area contributed by atoms with Gasteiger partial charge in [0.05, 0.1) is 0 Å². The smallest absolute Gasteiger partial charge is 0.223 e. The van der Waals surface area contributed by atoms with E-state index in [1.165, 1.54) is 0 Å². The number of hydrogen-bond donors (Lipinski definition) is 3. The zero-order valence-electron chi connectivity index (χ0n) is 12.3. The van der Waals surface area contributed by atoms with Gasteiger partial charge in [-0.1, -0.05) is 13.8 Å². The fourth-order valence-electron chi connectivity index (χ4n) is 2.86. The van der Waals surface area contributed by atoms with Gasteiger partial charge < -0.3 is 16.4 Å². The fourth-order valence-corrected chi connectivity index (χ4v) is 2.86. The van der Waals surface area contributed by atoms with Crippen molar-refractivity contribution in [3.8, 4) is 0 Å². The minimum atomic E-state index is -0.265. The van der Waals surface area contributed by atoms with E-state index in [1.54, 1.807) is 0 Å². The molecule has 1 aliphatic heterocycles. The van der Waals surface area contributed by atoms with Crippen molar-refractivity contribution in [2.75, 3.05) is 13.1 Å². The highest BCUT2D eigenvalue weighted by molar-refractivity contribution is 5.79. The maximum atomic E-state index is 12.3. The van der Waals surface area contributed by atoms with Gasteiger partial charge in [-0.05, 0) is 45.6 Å². The molecule has 1 aliphatic rings. The van der Waals surface area contributed by atoms with Gasteiger partial charge in [-0.15, -0.1) is 0 Å². The van der Waals surface area contributed by atoms with E-state index in [2.05, 4.69) is 38.3 Å². The van der Waals surface area contributed by atoms with Gasteiger partial charge >= 0.3 is 0 Å². The van der Waals surface area contributed by atoms with Crippen LogP contribution in [0.5, 0.6) is 0 Å². The Bertz CT molecular complexity index is 280. The molecule has 1 unspecified atom stereocenters. The summed E-state index contributed by atoms with van der Waals surface area (Å²) in [6.45, 7) is 9.94. The third-order valence-electron chi connectivity index (χ3n) is 3.73. The van der Waals surface area contributed by atoms with Crippen LogP contribution < -0.4 is 16.4 Å². The van der Waals surface area contributed by atoms with Crippen molar-refractivity contribution in [2.24, 2.45) is 17.6 Å². The molecular formula is C14H29N3O. The molecule has 1 fully saturated rings. The summed E-state index contributed by atoms with van der Waals surface area (Å²) in [5, 5.41) is 6.54. The molecule has 4 nitrogen and oxygen atoms in total. The highest BCUT2D eigenvalue weighted by Crippen LogP contribution is 2.20. The topological polar surface area (TPSA) is 67.1 Å². The average molecular weight is 255 g/mol. The van der Waals surface area contributed by atoms with Crippen molar-refractivity contribution >= 4 is 5.91 Å². The molecule has 0 aliphatic carbocycles. The van der Waals surface area contributed by atoms with E-state index in [4.69, 9.17) is 5.73 Å². The minimum absolute atomic E-state index is 0.138. The Hall–Kier alpha value is -0.610. The van der Waals surface area contributed by atoms with Crippen LogP contribution in [0.1, 0.15) is 47.0 Å². The van der Waals surface area contributed by atoms with Crippen LogP contribution in [-0.4, -0.2) is 30.6 Å². The Morgan fingerprint density at radius 2 is 2.22 bits per heavy atom. The van der Waals surface area contributed by atoms with Crippen molar-refractivity contribution in [1.82, 2.24) is 10.6 Å². The molecule has 0 spiro atoms. The predicted octanol–water partition coefficient (Wildman–Crippen LogP) is 1.25. The summed E-state index contributed by atoms with van der Waals surface area (Å²) in [6.07, 6.45) is 2.78. The molecule has 1 saturated heterocycles. The van der Waals surface area contributed by atoms with Crippen LogP contribution in [0.4, 0.5) is 0 Å². The van der Waals surface area contributed by atoms with Gasteiger partial charge in [0.15, 0.2) is 0 Å². The van der Waals surface area contributed by atoms with Crippen LogP contribution >= 0.6 is 0 Å². The molecule has 0 aromatic carbocycles. The van der Waals surface area contributed by atoms with Crippen LogP contribution in [0.2, 0.25) is 0 Å². The lowest BCUT2D eigenvalue weighted by molar-refractivity contribution is -0.128. The number of rotatable bonds is 5. The molecule has 0 radical (unpaired) electrons. The largest absolute Gasteiger partial charge is 0.349 e. The lowest BCUT2D eigenvalue weighted by Crippen LogP contribution is -2.55. The van der Waals surface area contributed by atoms with E-state index in [9.17, 15) is 4.79 Å². The van der Waals surface area contributed by atoms with Gasteiger partial charge in [0.2, 0.25) is 5.91 Å². The first kappa shape index (κ1) is 15.4. The molecule has 0 bridgehead atoms. The van der Waals surface area contributed by atoms with Gasteiger partial charge in [-0.3, -0.25) is 4.79 Å². The lowest BCUT2D eigenvalue weighted by atomic mass is 9.87. The third kappa shape index (κ3) is 4.58. The SMILES string of the molecule is CC(C)CC(C)(CN)NC(=O)[C@H]1CCN[C@@H](C)C1. The normalized spacial score (nSPS) is 27.9. The average Bonchev–Trinajstić information content (AvgIpc) is 2.27. The Labute approximate surface area is 111 Å². The van der Waals surface area contributed by atoms with E-state index in [0.29, 0.717) is 18.5 Å². The quantitative estimate of drug-likeness (QED) is 0.693. The van der Waals surface area contributed by atoms with E-state index in [1.807, 2.05) is 0 Å². The Kier molecular flexibility index (Phi) is 5.60. The number of nitrogens with two attached hydrogens (primary N) is 1. The van der Waals surface area contributed by atoms with Crippen LogP contribution in [0.3, 0.4) is 0 Å². The number of carbonyl (C=O) groups excluding carboxylic acids is 1. The second-order valence-electron chi connectivity index (χ2n) is 6.43. The van der Waals surface area contributed by atoms with Gasteiger partial charge in [0, 0.05) is 24.0 Å². The maximum absolute atomic E-state index is 12.3. The van der Waals surface area contributed by atoms with E-state index < -0.39 is 0 Å². The lowest BCUT2D eigenvalue weighted by Gasteiger charge is -2.35. The van der Waals surface area contributed by atoms with Crippen molar-refractivity contribution in [2.45, 2.75) is 58.5 Å². The molecule has 0 saturated carbocycles. The molecule has 4 N–H and O–H groups in total. The molecule has 1 rings (SSSR count). The zero-order chi connectivity index (χ0) is 13.8. The molecule has 1 amide bonds. The summed E-state index contributed by atoms with van der Waals surface area (Å²) in [5.41, 5.74) is 5.57. The molecule has 18 heavy (non-hydrogen) atoms. The van der Waals surface area contributed by atoms with Gasteiger partial charge in [-0.2, -0.15) is 0 Å². The summed E-state index contributed by atoms with van der Waals surface area (Å²) >= 11 is 0. The fraction of sp³-hybridized carbons (Fsp3) is 0.929. The number of piperidine rings is 1. The van der Waals surface area contributed by atoms with E-state index >= 15 is 0 Å². The Balaban J connectivity index is 2.55. The van der Waals surface area contributed by atoms with E-state index in [-0.39, 0.29) is 17.4 Å². The first-order chi connectivity index (χ1) is 8.36. The summed E-state index contributed by atoms with van der Waals surface area (Å²) in [6, 6.07) is 0.434. The number of hydrogen-bond acceptors (Lipinski definition) is 3. The number of nitrogens with one attached hydrogen (secondary N) is 2. The van der Waals surface area contributed by atoms with Gasteiger partial charge in [0.1, 0.15) is 0 Å². The van der Waals surface area contributed by atoms with Crippen molar-refractivity contribution in [1.29, 1.82) is 0 Å². The Morgan fingerprint density at radius 3 is 2.72 bits per heavy atom. The van der Waals surface area contributed by atoms with Crippen LogP contribution in [0.25, 0.3) is 0 Å². The highest BCUT2D eigenvalue weighted by Gasteiger charge is 2.31. The van der Waals surface area contributed by atoms with Gasteiger partial charge in [-0.25, -0.2) is 0 Å². The summed E-state index contributed by atoms with van der Waals surface area (Å²) in [7, 11) is 0. The van der Waals surface area contributed by atoms with E-state index in [0.717, 1.165) is 25.8 Å². The Morgan fingerprint density at radius 1 is 1.56 bits per heavy atom.